The molecule has 1 aromatic rings. The van der Waals surface area contributed by atoms with E-state index in [1.165, 1.54) is 5.56 Å². The molecule has 0 spiro atoms. The van der Waals surface area contributed by atoms with Crippen LogP contribution in [0.4, 0.5) is 0 Å². The largest absolute Gasteiger partial charge is 0.330 e. The quantitative estimate of drug-likeness (QED) is 0.690. The van der Waals surface area contributed by atoms with Crippen LogP contribution in [0.25, 0.3) is 0 Å². The van der Waals surface area contributed by atoms with Gasteiger partial charge in [-0.25, -0.2) is 0 Å². The monoisotopic (exact) mass is 150 g/mol. The van der Waals surface area contributed by atoms with Crippen molar-refractivity contribution >= 4 is 0 Å². The van der Waals surface area contributed by atoms with E-state index in [2.05, 4.69) is 24.9 Å². The van der Waals surface area contributed by atoms with Crippen LogP contribution in [0.15, 0.2) is 24.5 Å². The minimum Gasteiger partial charge on any atom is -0.330 e. The zero-order chi connectivity index (χ0) is 8.32. The molecule has 0 saturated heterocycles. The highest BCUT2D eigenvalue weighted by Crippen LogP contribution is 2.19. The van der Waals surface area contributed by atoms with Gasteiger partial charge in [-0.3, -0.25) is 4.98 Å². The fourth-order valence-corrected chi connectivity index (χ4v) is 0.881. The summed E-state index contributed by atoms with van der Waals surface area (Å²) in [5, 5.41) is 0. The molecule has 1 heterocycles. The molecular weight excluding hydrogens is 136 g/mol. The van der Waals surface area contributed by atoms with Gasteiger partial charge in [-0.05, 0) is 11.6 Å². The van der Waals surface area contributed by atoms with E-state index in [9.17, 15) is 0 Å². The molecule has 0 aliphatic rings. The number of nitrogens with zero attached hydrogens (tertiary/aromatic N) is 1. The van der Waals surface area contributed by atoms with Crippen LogP contribution in [0.2, 0.25) is 0 Å². The van der Waals surface area contributed by atoms with Crippen LogP contribution < -0.4 is 5.73 Å². The summed E-state index contributed by atoms with van der Waals surface area (Å²) < 4.78 is 0. The third kappa shape index (κ3) is 1.77. The predicted molar refractivity (Wildman–Crippen MR) is 46.3 cm³/mol. The highest BCUT2D eigenvalue weighted by atomic mass is 14.6. The van der Waals surface area contributed by atoms with Crippen molar-refractivity contribution in [1.82, 2.24) is 4.98 Å². The summed E-state index contributed by atoms with van der Waals surface area (Å²) in [4.78, 5) is 4.04. The number of pyridine rings is 1. The molecule has 1 aromatic heterocycles. The molecule has 0 aliphatic carbocycles. The van der Waals surface area contributed by atoms with Gasteiger partial charge in [-0.1, -0.05) is 19.9 Å². The molecule has 0 unspecified atom stereocenters. The predicted octanol–water partition coefficient (Wildman–Crippen LogP) is 1.32. The fourth-order valence-electron chi connectivity index (χ4n) is 0.881. The Morgan fingerprint density at radius 2 is 2.27 bits per heavy atom. The minimum absolute atomic E-state index is 0.0499. The second kappa shape index (κ2) is 3.01. The lowest BCUT2D eigenvalue weighted by Crippen LogP contribution is -2.28. The molecule has 2 nitrogen and oxygen atoms in total. The van der Waals surface area contributed by atoms with E-state index >= 15 is 0 Å². The van der Waals surface area contributed by atoms with Gasteiger partial charge in [0.05, 0.1) is 0 Å². The second-order valence-corrected chi connectivity index (χ2v) is 3.33. The molecule has 2 heteroatoms. The zero-order valence-electron chi connectivity index (χ0n) is 7.04. The van der Waals surface area contributed by atoms with Crippen LogP contribution in [0, 0.1) is 0 Å². The SMILES string of the molecule is CC(C)(CN)c1cccnc1. The highest BCUT2D eigenvalue weighted by Gasteiger charge is 2.17. The topological polar surface area (TPSA) is 38.9 Å². The molecule has 0 radical (unpaired) electrons. The number of rotatable bonds is 2. The molecule has 1 rings (SSSR count). The van der Waals surface area contributed by atoms with Crippen molar-refractivity contribution in [1.29, 1.82) is 0 Å². The van der Waals surface area contributed by atoms with E-state index in [4.69, 9.17) is 5.73 Å². The molecule has 0 aromatic carbocycles. The van der Waals surface area contributed by atoms with Crippen LogP contribution in [0.1, 0.15) is 19.4 Å². The zero-order valence-corrected chi connectivity index (χ0v) is 7.04. The molecule has 11 heavy (non-hydrogen) atoms. The van der Waals surface area contributed by atoms with Crippen molar-refractivity contribution in [2.24, 2.45) is 5.73 Å². The maximum atomic E-state index is 5.61. The maximum Gasteiger partial charge on any atom is 0.0305 e. The van der Waals surface area contributed by atoms with Crippen molar-refractivity contribution in [2.45, 2.75) is 19.3 Å². The highest BCUT2D eigenvalue weighted by molar-refractivity contribution is 5.19. The molecular formula is C9H14N2. The van der Waals surface area contributed by atoms with Gasteiger partial charge in [0.15, 0.2) is 0 Å². The smallest absolute Gasteiger partial charge is 0.0305 e. The van der Waals surface area contributed by atoms with Crippen LogP contribution in [0.5, 0.6) is 0 Å². The Morgan fingerprint density at radius 3 is 2.73 bits per heavy atom. The van der Waals surface area contributed by atoms with Gasteiger partial charge in [-0.2, -0.15) is 0 Å². The average Bonchev–Trinajstić information content (AvgIpc) is 2.06. The fraction of sp³-hybridized carbons (Fsp3) is 0.444. The number of nitrogens with two attached hydrogens (primary N) is 1. The van der Waals surface area contributed by atoms with Crippen LogP contribution in [0.3, 0.4) is 0 Å². The van der Waals surface area contributed by atoms with Crippen molar-refractivity contribution in [3.63, 3.8) is 0 Å². The van der Waals surface area contributed by atoms with E-state index in [0.717, 1.165) is 0 Å². The standard InChI is InChI=1S/C9H14N2/c1-9(2,7-10)8-4-3-5-11-6-8/h3-6H,7,10H2,1-2H3. The molecule has 0 amide bonds. The number of hydrogen-bond donors (Lipinski definition) is 1. The summed E-state index contributed by atoms with van der Waals surface area (Å²) in [6, 6.07) is 3.99. The lowest BCUT2D eigenvalue weighted by Gasteiger charge is -2.21. The minimum atomic E-state index is 0.0499. The van der Waals surface area contributed by atoms with Gasteiger partial charge >= 0.3 is 0 Å². The van der Waals surface area contributed by atoms with Crippen molar-refractivity contribution in [3.8, 4) is 0 Å². The number of hydrogen-bond acceptors (Lipinski definition) is 2. The molecule has 2 N–H and O–H groups in total. The van der Waals surface area contributed by atoms with Crippen molar-refractivity contribution in [2.75, 3.05) is 6.54 Å². The summed E-state index contributed by atoms with van der Waals surface area (Å²) in [7, 11) is 0. The van der Waals surface area contributed by atoms with Crippen LogP contribution in [-0.2, 0) is 5.41 Å². The summed E-state index contributed by atoms with van der Waals surface area (Å²) >= 11 is 0. The Morgan fingerprint density at radius 1 is 1.55 bits per heavy atom. The van der Waals surface area contributed by atoms with E-state index in [1.54, 1.807) is 6.20 Å². The Labute approximate surface area is 67.5 Å². The van der Waals surface area contributed by atoms with Gasteiger partial charge in [0.2, 0.25) is 0 Å². The first kappa shape index (κ1) is 8.21. The average molecular weight is 150 g/mol. The Balaban J connectivity index is 2.93. The first-order valence-corrected chi connectivity index (χ1v) is 3.77. The van der Waals surface area contributed by atoms with Gasteiger partial charge in [0.25, 0.3) is 0 Å². The Bertz CT molecular complexity index is 216. The molecule has 0 fully saturated rings. The van der Waals surface area contributed by atoms with Gasteiger partial charge in [0.1, 0.15) is 0 Å². The van der Waals surface area contributed by atoms with Crippen molar-refractivity contribution in [3.05, 3.63) is 30.1 Å². The van der Waals surface area contributed by atoms with Gasteiger partial charge in [-0.15, -0.1) is 0 Å². The lowest BCUT2D eigenvalue weighted by molar-refractivity contribution is 0.537. The first-order chi connectivity index (χ1) is 5.17. The Kier molecular flexibility index (Phi) is 2.25. The van der Waals surface area contributed by atoms with Gasteiger partial charge in [0, 0.05) is 24.4 Å². The maximum absolute atomic E-state index is 5.61. The van der Waals surface area contributed by atoms with E-state index in [-0.39, 0.29) is 5.41 Å². The normalized spacial score (nSPS) is 11.5. The third-order valence-corrected chi connectivity index (χ3v) is 1.95. The van der Waals surface area contributed by atoms with E-state index in [1.807, 2.05) is 12.3 Å². The molecule has 0 saturated carbocycles. The molecule has 60 valence electrons. The van der Waals surface area contributed by atoms with Crippen LogP contribution in [-0.4, -0.2) is 11.5 Å². The van der Waals surface area contributed by atoms with E-state index < -0.39 is 0 Å². The Hall–Kier alpha value is -0.890. The molecule has 0 atom stereocenters. The number of aromatic nitrogens is 1. The lowest BCUT2D eigenvalue weighted by atomic mass is 9.86. The van der Waals surface area contributed by atoms with Gasteiger partial charge < -0.3 is 5.73 Å². The summed E-state index contributed by atoms with van der Waals surface area (Å²) in [5.41, 5.74) is 6.86. The third-order valence-electron chi connectivity index (χ3n) is 1.95. The molecule has 0 aliphatic heterocycles. The summed E-state index contributed by atoms with van der Waals surface area (Å²) in [5.74, 6) is 0. The van der Waals surface area contributed by atoms with Crippen LogP contribution >= 0.6 is 0 Å². The summed E-state index contributed by atoms with van der Waals surface area (Å²) in [6.07, 6.45) is 3.64. The van der Waals surface area contributed by atoms with E-state index in [0.29, 0.717) is 6.54 Å². The first-order valence-electron chi connectivity index (χ1n) is 3.77. The summed E-state index contributed by atoms with van der Waals surface area (Å²) in [6.45, 7) is 4.88. The second-order valence-electron chi connectivity index (χ2n) is 3.33. The van der Waals surface area contributed by atoms with Crippen molar-refractivity contribution < 1.29 is 0 Å². The molecule has 0 bridgehead atoms.